The molecule has 8 rings (SSSR count). The van der Waals surface area contributed by atoms with Crippen LogP contribution in [-0.4, -0.2) is 108 Å². The molecule has 1 amide bonds. The highest BCUT2D eigenvalue weighted by Crippen LogP contribution is 2.44. The van der Waals surface area contributed by atoms with Crippen LogP contribution >= 0.6 is 27.3 Å². The van der Waals surface area contributed by atoms with E-state index in [-0.39, 0.29) is 43.1 Å². The summed E-state index contributed by atoms with van der Waals surface area (Å²) in [7, 11) is -5.51. The molecule has 0 saturated heterocycles. The summed E-state index contributed by atoms with van der Waals surface area (Å²) in [4.78, 5) is 18.1. The molecular weight excluding hydrogens is 1040 g/mol. The second-order valence-electron chi connectivity index (χ2n) is 16.0. The van der Waals surface area contributed by atoms with Gasteiger partial charge in [-0.2, -0.15) is 9.10 Å². The minimum atomic E-state index is -5.05. The van der Waals surface area contributed by atoms with E-state index in [9.17, 15) is 15.0 Å². The van der Waals surface area contributed by atoms with Gasteiger partial charge in [-0.05, 0) is 97.5 Å². The van der Waals surface area contributed by atoms with Crippen molar-refractivity contribution in [2.24, 2.45) is 0 Å². The molecule has 8 aromatic rings. The normalized spacial score (nSPS) is 12.3. The summed E-state index contributed by atoms with van der Waals surface area (Å²) in [6.45, 7) is -1.91. The Kier molecular flexibility index (Phi) is 15.7. The van der Waals surface area contributed by atoms with Gasteiger partial charge >= 0.3 is 6.09 Å². The fourth-order valence-electron chi connectivity index (χ4n) is 7.84. The molecule has 0 unspecified atom stereocenters. The summed E-state index contributed by atoms with van der Waals surface area (Å²) in [6, 6.07) is 35.9. The molecule has 71 heavy (non-hydrogen) atoms. The van der Waals surface area contributed by atoms with E-state index in [1.807, 2.05) is 18.2 Å². The smallest absolute Gasteiger partial charge is 0.407 e. The molecule has 3 N–H and O–H groups in total. The van der Waals surface area contributed by atoms with Crippen LogP contribution in [0.4, 0.5) is 4.79 Å². The van der Waals surface area contributed by atoms with E-state index < -0.39 is 55.1 Å². The lowest BCUT2D eigenvalue weighted by Crippen LogP contribution is -2.47. The Bertz CT molecular complexity index is 3310. The molecule has 1 atom stereocenters. The minimum Gasteiger partial charge on any atom is -0.497 e. The van der Waals surface area contributed by atoms with Crippen molar-refractivity contribution in [1.29, 1.82) is 0 Å². The zero-order chi connectivity index (χ0) is 50.3. The Morgan fingerprint density at radius 1 is 0.732 bits per heavy atom. The van der Waals surface area contributed by atoms with Crippen molar-refractivity contribution in [3.8, 4) is 39.8 Å². The number of para-hydroxylation sites is 1. The van der Waals surface area contributed by atoms with Crippen molar-refractivity contribution in [3.63, 3.8) is 0 Å². The Labute approximate surface area is 422 Å². The van der Waals surface area contributed by atoms with Crippen molar-refractivity contribution in [1.82, 2.24) is 39.1 Å². The quantitative estimate of drug-likeness (QED) is 0.0628. The second-order valence-corrected chi connectivity index (χ2v) is 21.9. The van der Waals surface area contributed by atoms with E-state index in [1.54, 1.807) is 110 Å². The number of rotatable bonds is 21. The monoisotopic (exact) mass is 1080 g/mol. The van der Waals surface area contributed by atoms with Gasteiger partial charge in [0.1, 0.15) is 27.0 Å². The van der Waals surface area contributed by atoms with E-state index in [0.29, 0.717) is 48.9 Å². The summed E-state index contributed by atoms with van der Waals surface area (Å²) in [6.07, 6.45) is -1.37. The number of aliphatic hydroxyl groups is 1. The molecular formula is C49H47BrN8O10S3. The predicted molar refractivity (Wildman–Crippen MR) is 270 cm³/mol. The molecule has 6 aromatic carbocycles. The van der Waals surface area contributed by atoms with Crippen molar-refractivity contribution < 1.29 is 46.1 Å². The molecule has 0 saturated carbocycles. The number of thiazole rings is 1. The zero-order valence-corrected chi connectivity index (χ0v) is 42.5. The van der Waals surface area contributed by atoms with Gasteiger partial charge in [-0.1, -0.05) is 84.9 Å². The van der Waals surface area contributed by atoms with E-state index >= 15 is 16.8 Å². The number of aromatic nitrogens is 5. The number of carbonyl (C=O) groups is 1. The molecule has 0 bridgehead atoms. The first-order valence-electron chi connectivity index (χ1n) is 21.7. The molecule has 0 spiro atoms. The standard InChI is InChI=1S/C49H47BrN8O10S3/c1-66-37-18-12-33(13-19-37)27-57(28-34-14-20-38(67-2)21-15-34)71(64,65)46-43(70(62,63)54-36(31-59)30-56(49(60)61)26-32-8-5-4-6-9-32)25-24-40(41-10-7-11-42-45(41)51-48(50)69-42)44(46)47-52-55-58(53-47)29-35-16-22-39(68-3)23-17-35/h4-25,36,54,59H,26-31H2,1-3H3,(H,60,61)/t36-/m0/s1. The molecule has 0 radical (unpaired) electrons. The van der Waals surface area contributed by atoms with Gasteiger partial charge in [-0.3, -0.25) is 0 Å². The van der Waals surface area contributed by atoms with Crippen molar-refractivity contribution >= 4 is 63.6 Å². The average molecular weight is 1080 g/mol. The lowest BCUT2D eigenvalue weighted by molar-refractivity contribution is 0.130. The number of hydrogen-bond donors (Lipinski definition) is 3. The number of ether oxygens (including phenoxy) is 3. The number of tetrazole rings is 1. The average Bonchev–Trinajstić information content (AvgIpc) is 4.01. The van der Waals surface area contributed by atoms with Gasteiger partial charge in [0, 0.05) is 31.7 Å². The van der Waals surface area contributed by atoms with E-state index in [1.165, 1.54) is 42.5 Å². The van der Waals surface area contributed by atoms with E-state index in [2.05, 4.69) is 31.0 Å². The summed E-state index contributed by atoms with van der Waals surface area (Å²) in [5.74, 6) is 1.45. The van der Waals surface area contributed by atoms with Crippen LogP contribution in [0, 0.1) is 0 Å². The number of sulfonamides is 2. The lowest BCUT2D eigenvalue weighted by Gasteiger charge is -2.28. The maximum atomic E-state index is 16.2. The topological polar surface area (TPSA) is 228 Å². The van der Waals surface area contributed by atoms with Gasteiger partial charge in [0.05, 0.1) is 56.3 Å². The number of carboxylic acid groups (broad SMARTS) is 1. The van der Waals surface area contributed by atoms with E-state index in [4.69, 9.17) is 24.3 Å². The number of hydrogen-bond acceptors (Lipinski definition) is 14. The number of methoxy groups -OCH3 is 3. The molecule has 368 valence electrons. The molecule has 2 aromatic heterocycles. The van der Waals surface area contributed by atoms with Crippen molar-refractivity contribution in [2.75, 3.05) is 34.5 Å². The van der Waals surface area contributed by atoms with Gasteiger partial charge in [0.15, 0.2) is 3.92 Å². The Morgan fingerprint density at radius 2 is 1.31 bits per heavy atom. The molecule has 22 heteroatoms. The number of halogens is 1. The zero-order valence-electron chi connectivity index (χ0n) is 38.4. The fraction of sp³-hybridized carbons (Fsp3) is 0.204. The first-order valence-corrected chi connectivity index (χ1v) is 26.3. The van der Waals surface area contributed by atoms with Gasteiger partial charge in [0.2, 0.25) is 25.9 Å². The highest BCUT2D eigenvalue weighted by Gasteiger charge is 2.39. The number of benzene rings is 6. The van der Waals surface area contributed by atoms with Crippen LogP contribution < -0.4 is 18.9 Å². The summed E-state index contributed by atoms with van der Waals surface area (Å²) < 4.78 is 83.8. The van der Waals surface area contributed by atoms with Gasteiger partial charge < -0.3 is 29.3 Å². The summed E-state index contributed by atoms with van der Waals surface area (Å²) in [5.41, 5.74) is 3.36. The number of aliphatic hydroxyl groups excluding tert-OH is 1. The molecule has 2 heterocycles. The van der Waals surface area contributed by atoms with Crippen LogP contribution in [-0.2, 0) is 46.2 Å². The van der Waals surface area contributed by atoms with Gasteiger partial charge in [0.25, 0.3) is 0 Å². The van der Waals surface area contributed by atoms with Crippen LogP contribution in [0.1, 0.15) is 22.3 Å². The van der Waals surface area contributed by atoms with Crippen LogP contribution in [0.5, 0.6) is 17.2 Å². The Hall–Kier alpha value is -6.79. The SMILES string of the molecule is COc1ccc(CN(Cc2ccc(OC)cc2)S(=O)(=O)c2c(S(=O)(=O)N[C@H](CO)CN(Cc3ccccc3)C(=O)O)ccc(-c3cccc4sc(Br)nc34)c2-c2nnn(Cc3ccc(OC)cc3)n2)cc1. The Balaban J connectivity index is 1.36. The summed E-state index contributed by atoms with van der Waals surface area (Å²) >= 11 is 4.84. The first-order chi connectivity index (χ1) is 34.2. The molecule has 0 aliphatic carbocycles. The van der Waals surface area contributed by atoms with Gasteiger partial charge in [-0.25, -0.2) is 31.3 Å². The molecule has 0 aliphatic rings. The number of nitrogens with zero attached hydrogens (tertiary/aromatic N) is 7. The van der Waals surface area contributed by atoms with Gasteiger partial charge in [-0.15, -0.1) is 21.5 Å². The molecule has 0 aliphatic heterocycles. The maximum absolute atomic E-state index is 16.2. The van der Waals surface area contributed by atoms with Crippen LogP contribution in [0.3, 0.4) is 0 Å². The third kappa shape index (κ3) is 11.7. The fourth-order valence-corrected chi connectivity index (χ4v) is 12.9. The van der Waals surface area contributed by atoms with Crippen LogP contribution in [0.25, 0.3) is 32.7 Å². The Morgan fingerprint density at radius 3 is 1.87 bits per heavy atom. The lowest BCUT2D eigenvalue weighted by atomic mass is 9.98. The highest BCUT2D eigenvalue weighted by molar-refractivity contribution is 9.11. The third-order valence-corrected chi connectivity index (χ3v) is 16.4. The van der Waals surface area contributed by atoms with E-state index in [0.717, 1.165) is 19.5 Å². The van der Waals surface area contributed by atoms with Crippen LogP contribution in [0.15, 0.2) is 147 Å². The second kappa shape index (κ2) is 22.1. The number of fused-ring (bicyclic) bond motifs is 1. The molecule has 18 nitrogen and oxygen atoms in total. The highest BCUT2D eigenvalue weighted by atomic mass is 79.9. The predicted octanol–water partition coefficient (Wildman–Crippen LogP) is 7.66. The number of nitrogens with one attached hydrogen (secondary N) is 1. The largest absolute Gasteiger partial charge is 0.497 e. The minimum absolute atomic E-state index is 0.0882. The number of amides is 1. The van der Waals surface area contributed by atoms with Crippen molar-refractivity contribution in [2.45, 2.75) is 42.0 Å². The van der Waals surface area contributed by atoms with Crippen LogP contribution in [0.2, 0.25) is 0 Å². The summed E-state index contributed by atoms with van der Waals surface area (Å²) in [5, 5.41) is 34.4. The molecule has 0 fully saturated rings. The maximum Gasteiger partial charge on any atom is 0.407 e. The van der Waals surface area contributed by atoms with Crippen molar-refractivity contribution in [3.05, 3.63) is 160 Å². The third-order valence-electron chi connectivity index (χ3n) is 11.4. The first kappa shape index (κ1) is 50.6.